The second-order valence-electron chi connectivity index (χ2n) is 3.40. The Morgan fingerprint density at radius 1 is 1.57 bits per heavy atom. The van der Waals surface area contributed by atoms with Crippen molar-refractivity contribution < 1.29 is 9.90 Å². The van der Waals surface area contributed by atoms with E-state index in [0.717, 1.165) is 24.1 Å². The van der Waals surface area contributed by atoms with E-state index in [0.29, 0.717) is 5.56 Å². The maximum absolute atomic E-state index is 10.7. The number of carbonyl (C=O) groups is 1. The van der Waals surface area contributed by atoms with E-state index < -0.39 is 5.97 Å². The van der Waals surface area contributed by atoms with Gasteiger partial charge in [0.1, 0.15) is 0 Å². The first kappa shape index (κ1) is 9.18. The Kier molecular flexibility index (Phi) is 2.23. The maximum Gasteiger partial charge on any atom is 0.335 e. The molecule has 0 fully saturated rings. The van der Waals surface area contributed by atoms with Gasteiger partial charge in [0.15, 0.2) is 0 Å². The zero-order valence-electron chi connectivity index (χ0n) is 7.66. The molecular formula is C10H12N2O2. The van der Waals surface area contributed by atoms with Crippen LogP contribution >= 0.6 is 0 Å². The molecule has 4 nitrogen and oxygen atoms in total. The van der Waals surface area contributed by atoms with E-state index >= 15 is 0 Å². The summed E-state index contributed by atoms with van der Waals surface area (Å²) in [6, 6.07) is 5.09. The van der Waals surface area contributed by atoms with Gasteiger partial charge in [-0.15, -0.1) is 0 Å². The lowest BCUT2D eigenvalue weighted by Crippen LogP contribution is -2.35. The van der Waals surface area contributed by atoms with Crippen LogP contribution in [0.2, 0.25) is 0 Å². The number of fused-ring (bicyclic) bond motifs is 1. The van der Waals surface area contributed by atoms with Crippen molar-refractivity contribution in [3.05, 3.63) is 34.9 Å². The molecule has 0 bridgehead atoms. The van der Waals surface area contributed by atoms with Crippen molar-refractivity contribution in [1.82, 2.24) is 5.32 Å². The Morgan fingerprint density at radius 2 is 2.36 bits per heavy atom. The lowest BCUT2D eigenvalue weighted by atomic mass is 9.96. The minimum Gasteiger partial charge on any atom is -0.478 e. The summed E-state index contributed by atoms with van der Waals surface area (Å²) in [4.78, 5) is 10.7. The molecule has 1 aromatic carbocycles. The van der Waals surface area contributed by atoms with Gasteiger partial charge in [-0.05, 0) is 29.7 Å². The number of hydrogen-bond donors (Lipinski definition) is 3. The monoisotopic (exact) mass is 192 g/mol. The first-order valence-electron chi connectivity index (χ1n) is 4.53. The molecule has 1 aromatic rings. The van der Waals surface area contributed by atoms with Crippen LogP contribution in [0.3, 0.4) is 0 Å². The van der Waals surface area contributed by atoms with Crippen molar-refractivity contribution in [1.29, 1.82) is 0 Å². The maximum atomic E-state index is 10.7. The molecule has 1 aliphatic heterocycles. The number of aromatic carboxylic acids is 1. The highest BCUT2D eigenvalue weighted by atomic mass is 16.4. The van der Waals surface area contributed by atoms with Crippen LogP contribution in [0.25, 0.3) is 0 Å². The Bertz CT molecular complexity index is 376. The normalized spacial score (nSPS) is 20.2. The van der Waals surface area contributed by atoms with Crippen LogP contribution < -0.4 is 11.1 Å². The van der Waals surface area contributed by atoms with E-state index in [2.05, 4.69) is 5.32 Å². The van der Waals surface area contributed by atoms with Crippen LogP contribution in [0, 0.1) is 0 Å². The Balaban J connectivity index is 2.44. The van der Waals surface area contributed by atoms with Gasteiger partial charge in [0.25, 0.3) is 0 Å². The molecule has 1 atom stereocenters. The van der Waals surface area contributed by atoms with Gasteiger partial charge in [0.2, 0.25) is 0 Å². The van der Waals surface area contributed by atoms with Crippen molar-refractivity contribution in [3.8, 4) is 0 Å². The topological polar surface area (TPSA) is 75.3 Å². The molecular weight excluding hydrogens is 180 g/mol. The number of carboxylic acids is 1. The number of nitrogens with two attached hydrogens (primary N) is 1. The van der Waals surface area contributed by atoms with Gasteiger partial charge in [0, 0.05) is 6.54 Å². The van der Waals surface area contributed by atoms with E-state index in [1.165, 1.54) is 0 Å². The first-order valence-corrected chi connectivity index (χ1v) is 4.53. The predicted octanol–water partition coefficient (Wildman–Crippen LogP) is 0.488. The van der Waals surface area contributed by atoms with Crippen molar-refractivity contribution in [2.75, 3.05) is 6.54 Å². The molecule has 0 spiro atoms. The summed E-state index contributed by atoms with van der Waals surface area (Å²) < 4.78 is 0. The molecule has 0 radical (unpaired) electrons. The second kappa shape index (κ2) is 3.40. The fourth-order valence-corrected chi connectivity index (χ4v) is 1.73. The molecule has 2 rings (SSSR count). The number of carboxylic acid groups (broad SMARTS) is 1. The van der Waals surface area contributed by atoms with Gasteiger partial charge in [-0.2, -0.15) is 0 Å². The van der Waals surface area contributed by atoms with E-state index in [1.54, 1.807) is 18.2 Å². The largest absolute Gasteiger partial charge is 0.478 e. The fraction of sp³-hybridized carbons (Fsp3) is 0.300. The molecule has 0 aliphatic carbocycles. The van der Waals surface area contributed by atoms with Gasteiger partial charge in [-0.1, -0.05) is 6.07 Å². The summed E-state index contributed by atoms with van der Waals surface area (Å²) in [6.07, 6.45) is 0.672. The van der Waals surface area contributed by atoms with Gasteiger partial charge in [-0.25, -0.2) is 4.79 Å². The zero-order chi connectivity index (χ0) is 10.1. The molecule has 74 valence electrons. The van der Waals surface area contributed by atoms with Gasteiger partial charge < -0.3 is 10.8 Å². The van der Waals surface area contributed by atoms with E-state index in [9.17, 15) is 4.79 Å². The smallest absolute Gasteiger partial charge is 0.335 e. The third-order valence-corrected chi connectivity index (χ3v) is 2.48. The molecule has 4 heteroatoms. The Morgan fingerprint density at radius 3 is 3.07 bits per heavy atom. The van der Waals surface area contributed by atoms with E-state index in [-0.39, 0.29) is 6.17 Å². The van der Waals surface area contributed by atoms with Crippen LogP contribution in [0.4, 0.5) is 0 Å². The highest BCUT2D eigenvalue weighted by molar-refractivity contribution is 5.87. The van der Waals surface area contributed by atoms with Crippen LogP contribution in [0.1, 0.15) is 27.7 Å². The Labute approximate surface area is 81.7 Å². The van der Waals surface area contributed by atoms with Crippen molar-refractivity contribution in [3.63, 3.8) is 0 Å². The highest BCUT2D eigenvalue weighted by Crippen LogP contribution is 2.20. The van der Waals surface area contributed by atoms with Crippen LogP contribution in [-0.2, 0) is 6.42 Å². The molecule has 1 unspecified atom stereocenters. The molecule has 1 heterocycles. The molecule has 0 saturated heterocycles. The minimum absolute atomic E-state index is 0.165. The number of rotatable bonds is 1. The van der Waals surface area contributed by atoms with Crippen LogP contribution in [-0.4, -0.2) is 17.6 Å². The van der Waals surface area contributed by atoms with Crippen molar-refractivity contribution in [2.45, 2.75) is 12.6 Å². The minimum atomic E-state index is -0.889. The number of hydrogen-bond acceptors (Lipinski definition) is 3. The summed E-state index contributed by atoms with van der Waals surface area (Å²) in [5, 5.41) is 11.9. The summed E-state index contributed by atoms with van der Waals surface area (Å²) in [6.45, 7) is 0.803. The van der Waals surface area contributed by atoms with Crippen LogP contribution in [0.15, 0.2) is 18.2 Å². The molecule has 0 amide bonds. The average Bonchev–Trinajstić information content (AvgIpc) is 2.17. The standard InChI is InChI=1S/C10H12N2O2/c11-9-8-2-1-7(10(13)14)5-6(8)3-4-12-9/h1-2,5,9,12H,3-4,11H2,(H,13,14). The highest BCUT2D eigenvalue weighted by Gasteiger charge is 2.17. The molecule has 1 aliphatic rings. The fourth-order valence-electron chi connectivity index (χ4n) is 1.73. The number of benzene rings is 1. The lowest BCUT2D eigenvalue weighted by molar-refractivity contribution is 0.0696. The SMILES string of the molecule is NC1NCCc2cc(C(=O)O)ccc21. The van der Waals surface area contributed by atoms with Gasteiger partial charge >= 0.3 is 5.97 Å². The average molecular weight is 192 g/mol. The lowest BCUT2D eigenvalue weighted by Gasteiger charge is -2.23. The zero-order valence-corrected chi connectivity index (χ0v) is 7.66. The summed E-state index contributed by atoms with van der Waals surface area (Å²) >= 11 is 0. The van der Waals surface area contributed by atoms with E-state index in [1.807, 2.05) is 0 Å². The molecule has 14 heavy (non-hydrogen) atoms. The summed E-state index contributed by atoms with van der Waals surface area (Å²) in [5.74, 6) is -0.889. The molecule has 4 N–H and O–H groups in total. The van der Waals surface area contributed by atoms with Crippen molar-refractivity contribution in [2.24, 2.45) is 5.73 Å². The first-order chi connectivity index (χ1) is 6.68. The molecule has 0 saturated carbocycles. The van der Waals surface area contributed by atoms with Crippen molar-refractivity contribution >= 4 is 5.97 Å². The van der Waals surface area contributed by atoms with Gasteiger partial charge in [0.05, 0.1) is 11.7 Å². The third kappa shape index (κ3) is 1.49. The van der Waals surface area contributed by atoms with E-state index in [4.69, 9.17) is 10.8 Å². The number of nitrogens with one attached hydrogen (secondary N) is 1. The van der Waals surface area contributed by atoms with Crippen LogP contribution in [0.5, 0.6) is 0 Å². The Hall–Kier alpha value is -1.39. The molecule has 0 aromatic heterocycles. The second-order valence-corrected chi connectivity index (χ2v) is 3.40. The van der Waals surface area contributed by atoms with Gasteiger partial charge in [-0.3, -0.25) is 5.32 Å². The summed E-state index contributed by atoms with van der Waals surface area (Å²) in [5.41, 5.74) is 8.18. The predicted molar refractivity (Wildman–Crippen MR) is 52.0 cm³/mol. The quantitative estimate of drug-likeness (QED) is 0.605. The third-order valence-electron chi connectivity index (χ3n) is 2.48. The summed E-state index contributed by atoms with van der Waals surface area (Å²) in [7, 11) is 0.